The van der Waals surface area contributed by atoms with Gasteiger partial charge in [0, 0.05) is 28.3 Å². The van der Waals surface area contributed by atoms with Gasteiger partial charge in [-0.15, -0.1) is 0 Å². The molecular weight excluding hydrogens is 335 g/mol. The molecule has 0 aliphatic carbocycles. The Kier molecular flexibility index (Phi) is 5.80. The van der Waals surface area contributed by atoms with E-state index in [2.05, 4.69) is 20.6 Å². The summed E-state index contributed by atoms with van der Waals surface area (Å²) in [6.45, 7) is 6.38. The molecule has 1 aromatic carbocycles. The largest absolute Gasteiger partial charge is 0.350 e. The molecule has 1 amide bonds. The molecular formula is C16H18Cl2N4O. The van der Waals surface area contributed by atoms with Crippen molar-refractivity contribution in [3.63, 3.8) is 0 Å². The van der Waals surface area contributed by atoms with Crippen LogP contribution in [0.5, 0.6) is 0 Å². The lowest BCUT2D eigenvalue weighted by atomic mass is 10.2. The van der Waals surface area contributed by atoms with Crippen LogP contribution in [0.15, 0.2) is 24.3 Å². The van der Waals surface area contributed by atoms with Gasteiger partial charge in [0.1, 0.15) is 17.3 Å². The fourth-order valence-corrected chi connectivity index (χ4v) is 2.44. The molecule has 0 unspecified atom stereocenters. The molecule has 0 saturated carbocycles. The number of hydrogen-bond donors (Lipinski definition) is 2. The van der Waals surface area contributed by atoms with Crippen molar-refractivity contribution in [3.05, 3.63) is 45.8 Å². The average Bonchev–Trinajstić information content (AvgIpc) is 2.42. The molecule has 0 spiro atoms. The molecule has 0 bridgehead atoms. The number of hydrogen-bond acceptors (Lipinski definition) is 4. The zero-order valence-corrected chi connectivity index (χ0v) is 14.7. The predicted molar refractivity (Wildman–Crippen MR) is 93.7 cm³/mol. The SMILES string of the molecule is Cc1nc(Nc2cc(Cl)cc(Cl)c2)cc(C(=O)NCC(C)C)n1. The van der Waals surface area contributed by atoms with Gasteiger partial charge in [0.15, 0.2) is 0 Å². The topological polar surface area (TPSA) is 66.9 Å². The number of anilines is 2. The molecule has 0 aliphatic rings. The van der Waals surface area contributed by atoms with Crippen LogP contribution in [0.3, 0.4) is 0 Å². The Morgan fingerprint density at radius 3 is 2.39 bits per heavy atom. The molecule has 2 aromatic rings. The van der Waals surface area contributed by atoms with Crippen molar-refractivity contribution < 1.29 is 4.79 Å². The summed E-state index contributed by atoms with van der Waals surface area (Å²) in [5, 5.41) is 6.95. The van der Waals surface area contributed by atoms with Gasteiger partial charge in [0.05, 0.1) is 0 Å². The van der Waals surface area contributed by atoms with Gasteiger partial charge in [-0.1, -0.05) is 37.0 Å². The number of nitrogens with zero attached hydrogens (tertiary/aromatic N) is 2. The maximum atomic E-state index is 12.1. The summed E-state index contributed by atoms with van der Waals surface area (Å²) in [4.78, 5) is 20.6. The van der Waals surface area contributed by atoms with E-state index in [-0.39, 0.29) is 5.91 Å². The lowest BCUT2D eigenvalue weighted by Gasteiger charge is -2.10. The Morgan fingerprint density at radius 1 is 1.13 bits per heavy atom. The fourth-order valence-electron chi connectivity index (χ4n) is 1.91. The van der Waals surface area contributed by atoms with Crippen LogP contribution in [0, 0.1) is 12.8 Å². The van der Waals surface area contributed by atoms with Gasteiger partial charge in [-0.2, -0.15) is 0 Å². The lowest BCUT2D eigenvalue weighted by molar-refractivity contribution is 0.0943. The van der Waals surface area contributed by atoms with Crippen molar-refractivity contribution in [2.24, 2.45) is 5.92 Å². The van der Waals surface area contributed by atoms with Crippen molar-refractivity contribution in [1.29, 1.82) is 0 Å². The highest BCUT2D eigenvalue weighted by atomic mass is 35.5. The highest BCUT2D eigenvalue weighted by Gasteiger charge is 2.11. The van der Waals surface area contributed by atoms with Crippen LogP contribution in [0.1, 0.15) is 30.2 Å². The summed E-state index contributed by atoms with van der Waals surface area (Å²) < 4.78 is 0. The average molecular weight is 353 g/mol. The van der Waals surface area contributed by atoms with Gasteiger partial charge >= 0.3 is 0 Å². The Labute approximate surface area is 145 Å². The summed E-state index contributed by atoms with van der Waals surface area (Å²) in [5.41, 5.74) is 1.00. The van der Waals surface area contributed by atoms with Crippen LogP contribution in [0.25, 0.3) is 0 Å². The third kappa shape index (κ3) is 5.37. The first-order chi connectivity index (χ1) is 10.8. The van der Waals surface area contributed by atoms with Gasteiger partial charge in [0.25, 0.3) is 5.91 Å². The molecule has 23 heavy (non-hydrogen) atoms. The minimum atomic E-state index is -0.226. The molecule has 122 valence electrons. The van der Waals surface area contributed by atoms with Crippen LogP contribution in [-0.4, -0.2) is 22.4 Å². The third-order valence-corrected chi connectivity index (χ3v) is 3.31. The third-order valence-electron chi connectivity index (χ3n) is 2.88. The van der Waals surface area contributed by atoms with E-state index in [1.807, 2.05) is 13.8 Å². The molecule has 1 aromatic heterocycles. The van der Waals surface area contributed by atoms with Gasteiger partial charge in [-0.25, -0.2) is 9.97 Å². The quantitative estimate of drug-likeness (QED) is 0.845. The summed E-state index contributed by atoms with van der Waals surface area (Å²) in [7, 11) is 0. The molecule has 0 saturated heterocycles. The first kappa shape index (κ1) is 17.5. The van der Waals surface area contributed by atoms with E-state index >= 15 is 0 Å². The van der Waals surface area contributed by atoms with Crippen LogP contribution in [0.2, 0.25) is 10.0 Å². The molecule has 0 aliphatic heterocycles. The van der Waals surface area contributed by atoms with E-state index in [4.69, 9.17) is 23.2 Å². The van der Waals surface area contributed by atoms with Crippen LogP contribution >= 0.6 is 23.2 Å². The maximum Gasteiger partial charge on any atom is 0.270 e. The smallest absolute Gasteiger partial charge is 0.270 e. The molecule has 0 atom stereocenters. The summed E-state index contributed by atoms with van der Waals surface area (Å²) >= 11 is 12.0. The zero-order chi connectivity index (χ0) is 17.0. The summed E-state index contributed by atoms with van der Waals surface area (Å²) in [6, 6.07) is 6.69. The van der Waals surface area contributed by atoms with Gasteiger partial charge in [-0.05, 0) is 31.0 Å². The number of aromatic nitrogens is 2. The number of aryl methyl sites for hydroxylation is 1. The first-order valence-corrected chi connectivity index (χ1v) is 7.96. The molecule has 1 heterocycles. The van der Waals surface area contributed by atoms with Crippen LogP contribution in [0.4, 0.5) is 11.5 Å². The number of halogens is 2. The fraction of sp³-hybridized carbons (Fsp3) is 0.312. The van der Waals surface area contributed by atoms with Gasteiger partial charge in [-0.3, -0.25) is 4.79 Å². The Hall–Kier alpha value is -1.85. The van der Waals surface area contributed by atoms with Gasteiger partial charge in [0.2, 0.25) is 0 Å². The van der Waals surface area contributed by atoms with E-state index in [9.17, 15) is 4.79 Å². The van der Waals surface area contributed by atoms with Crippen molar-refractivity contribution in [2.75, 3.05) is 11.9 Å². The van der Waals surface area contributed by atoms with E-state index in [1.54, 1.807) is 31.2 Å². The number of carbonyl (C=O) groups is 1. The highest BCUT2D eigenvalue weighted by molar-refractivity contribution is 6.35. The Balaban J connectivity index is 2.21. The molecule has 7 heteroatoms. The standard InChI is InChI=1S/C16H18Cl2N4O/c1-9(2)8-19-16(23)14-7-15(21-10(3)20-14)22-13-5-11(17)4-12(18)6-13/h4-7,9H,8H2,1-3H3,(H,19,23)(H,20,21,22). The second-order valence-electron chi connectivity index (χ2n) is 5.57. The van der Waals surface area contributed by atoms with Crippen molar-refractivity contribution in [2.45, 2.75) is 20.8 Å². The van der Waals surface area contributed by atoms with E-state index in [0.29, 0.717) is 45.5 Å². The minimum Gasteiger partial charge on any atom is -0.350 e. The monoisotopic (exact) mass is 352 g/mol. The first-order valence-electron chi connectivity index (χ1n) is 7.20. The molecule has 2 rings (SSSR count). The zero-order valence-electron chi connectivity index (χ0n) is 13.2. The van der Waals surface area contributed by atoms with E-state index in [0.717, 1.165) is 0 Å². The Morgan fingerprint density at radius 2 is 1.78 bits per heavy atom. The highest BCUT2D eigenvalue weighted by Crippen LogP contribution is 2.24. The van der Waals surface area contributed by atoms with E-state index in [1.165, 1.54) is 0 Å². The summed E-state index contributed by atoms with van der Waals surface area (Å²) in [5.74, 6) is 1.15. The minimum absolute atomic E-state index is 0.226. The summed E-state index contributed by atoms with van der Waals surface area (Å²) in [6.07, 6.45) is 0. The predicted octanol–water partition coefficient (Wildman–Crippen LogP) is 4.22. The van der Waals surface area contributed by atoms with Gasteiger partial charge < -0.3 is 10.6 Å². The number of rotatable bonds is 5. The van der Waals surface area contributed by atoms with Crippen molar-refractivity contribution in [3.8, 4) is 0 Å². The molecule has 0 radical (unpaired) electrons. The molecule has 2 N–H and O–H groups in total. The normalized spacial score (nSPS) is 10.7. The second-order valence-corrected chi connectivity index (χ2v) is 6.45. The van der Waals surface area contributed by atoms with E-state index < -0.39 is 0 Å². The van der Waals surface area contributed by atoms with Crippen molar-refractivity contribution in [1.82, 2.24) is 15.3 Å². The Bertz CT molecular complexity index is 699. The number of benzene rings is 1. The molecule has 5 nitrogen and oxygen atoms in total. The number of nitrogens with one attached hydrogen (secondary N) is 2. The lowest BCUT2D eigenvalue weighted by Crippen LogP contribution is -2.28. The maximum absolute atomic E-state index is 12.1. The van der Waals surface area contributed by atoms with Crippen LogP contribution < -0.4 is 10.6 Å². The number of amides is 1. The van der Waals surface area contributed by atoms with Crippen LogP contribution in [-0.2, 0) is 0 Å². The second kappa shape index (κ2) is 7.62. The number of carbonyl (C=O) groups excluding carboxylic acids is 1. The van der Waals surface area contributed by atoms with Crippen molar-refractivity contribution >= 4 is 40.6 Å². The molecule has 0 fully saturated rings.